The van der Waals surface area contributed by atoms with Crippen molar-refractivity contribution in [1.82, 2.24) is 5.32 Å². The molecule has 0 spiro atoms. The number of hydrogen-bond donors (Lipinski definition) is 2. The molecular weight excluding hydrogens is 290 g/mol. The molecule has 0 saturated carbocycles. The molecule has 5 nitrogen and oxygen atoms in total. The Bertz CT molecular complexity index is 516. The van der Waals surface area contributed by atoms with E-state index in [4.69, 9.17) is 9.84 Å². The van der Waals surface area contributed by atoms with Gasteiger partial charge in [-0.3, -0.25) is 9.59 Å². The topological polar surface area (TPSA) is 75.6 Å². The first-order valence-electron chi connectivity index (χ1n) is 7.08. The number of aryl methyl sites for hydroxylation is 2. The van der Waals surface area contributed by atoms with E-state index >= 15 is 0 Å². The number of nitrogens with one attached hydrogen (secondary N) is 1. The van der Waals surface area contributed by atoms with Crippen molar-refractivity contribution in [1.29, 1.82) is 0 Å². The lowest BCUT2D eigenvalue weighted by atomic mass is 9.98. The molecule has 1 amide bonds. The maximum absolute atomic E-state index is 12.4. The van der Waals surface area contributed by atoms with Gasteiger partial charge in [-0.25, -0.2) is 0 Å². The number of carbonyl (C=O) groups excluding carboxylic acids is 1. The second kappa shape index (κ2) is 6.58. The van der Waals surface area contributed by atoms with E-state index in [1.54, 1.807) is 6.92 Å². The predicted octanol–water partition coefficient (Wildman–Crippen LogP) is 2.24. The summed E-state index contributed by atoms with van der Waals surface area (Å²) in [5, 5.41) is 11.8. The monoisotopic (exact) mass is 311 g/mol. The van der Waals surface area contributed by atoms with Crippen LogP contribution in [-0.2, 0) is 22.4 Å². The van der Waals surface area contributed by atoms with Crippen LogP contribution in [0.15, 0.2) is 6.07 Å². The lowest BCUT2D eigenvalue weighted by Gasteiger charge is -2.28. The minimum atomic E-state index is -0.958. The van der Waals surface area contributed by atoms with Crippen molar-refractivity contribution >= 4 is 23.2 Å². The second-order valence-corrected chi connectivity index (χ2v) is 6.92. The molecule has 1 aromatic heterocycles. The molecule has 1 unspecified atom stereocenters. The first-order chi connectivity index (χ1) is 9.93. The number of aliphatic carboxylic acids is 1. The Morgan fingerprint density at radius 2 is 2.14 bits per heavy atom. The number of thiophene rings is 1. The fourth-order valence-electron chi connectivity index (χ4n) is 2.72. The largest absolute Gasteiger partial charge is 0.481 e. The Morgan fingerprint density at radius 1 is 1.43 bits per heavy atom. The van der Waals surface area contributed by atoms with E-state index in [0.717, 1.165) is 12.8 Å². The smallest absolute Gasteiger partial charge is 0.305 e. The van der Waals surface area contributed by atoms with Crippen LogP contribution in [0, 0.1) is 0 Å². The zero-order valence-electron chi connectivity index (χ0n) is 12.4. The quantitative estimate of drug-likeness (QED) is 0.845. The van der Waals surface area contributed by atoms with Crippen molar-refractivity contribution < 1.29 is 19.4 Å². The van der Waals surface area contributed by atoms with Crippen molar-refractivity contribution in [3.05, 3.63) is 21.4 Å². The molecule has 1 heterocycles. The van der Waals surface area contributed by atoms with Crippen LogP contribution < -0.4 is 5.32 Å². The van der Waals surface area contributed by atoms with E-state index in [1.165, 1.54) is 41.7 Å². The molecule has 0 aromatic carbocycles. The van der Waals surface area contributed by atoms with Crippen LogP contribution in [-0.4, -0.2) is 36.2 Å². The van der Waals surface area contributed by atoms with E-state index in [9.17, 15) is 9.59 Å². The number of carboxylic acid groups (broad SMARTS) is 1. The number of carboxylic acids is 1. The van der Waals surface area contributed by atoms with Gasteiger partial charge >= 0.3 is 5.97 Å². The van der Waals surface area contributed by atoms with E-state index in [-0.39, 0.29) is 18.9 Å². The summed E-state index contributed by atoms with van der Waals surface area (Å²) in [6, 6.07) is 1.95. The third-order valence-electron chi connectivity index (χ3n) is 3.64. The van der Waals surface area contributed by atoms with Crippen LogP contribution in [0.25, 0.3) is 0 Å². The lowest BCUT2D eigenvalue weighted by molar-refractivity contribution is -0.139. The minimum Gasteiger partial charge on any atom is -0.481 e. The van der Waals surface area contributed by atoms with Crippen molar-refractivity contribution in [3.63, 3.8) is 0 Å². The average molecular weight is 311 g/mol. The van der Waals surface area contributed by atoms with E-state index in [0.29, 0.717) is 4.88 Å². The molecule has 1 aliphatic carbocycles. The van der Waals surface area contributed by atoms with Gasteiger partial charge in [0, 0.05) is 12.0 Å². The molecule has 1 aliphatic rings. The molecule has 0 radical (unpaired) electrons. The van der Waals surface area contributed by atoms with Gasteiger partial charge in [-0.1, -0.05) is 0 Å². The highest BCUT2D eigenvalue weighted by Gasteiger charge is 2.30. The van der Waals surface area contributed by atoms with Crippen LogP contribution in [0.4, 0.5) is 0 Å². The van der Waals surface area contributed by atoms with E-state index < -0.39 is 11.5 Å². The zero-order chi connectivity index (χ0) is 15.5. The summed E-state index contributed by atoms with van der Waals surface area (Å²) in [6.07, 6.45) is 4.25. The Labute approximate surface area is 128 Å². The SMILES string of the molecule is COCC(C)(CC(=O)O)NC(=O)c1cc2c(s1)CCCC2. The van der Waals surface area contributed by atoms with Gasteiger partial charge in [-0.2, -0.15) is 0 Å². The molecule has 0 fully saturated rings. The zero-order valence-corrected chi connectivity index (χ0v) is 13.2. The average Bonchev–Trinajstić information content (AvgIpc) is 2.81. The van der Waals surface area contributed by atoms with Gasteiger partial charge < -0.3 is 15.2 Å². The van der Waals surface area contributed by atoms with Gasteiger partial charge in [-0.05, 0) is 44.2 Å². The minimum absolute atomic E-state index is 0.163. The Balaban J connectivity index is 2.11. The van der Waals surface area contributed by atoms with Gasteiger partial charge in [0.1, 0.15) is 0 Å². The molecule has 0 bridgehead atoms. The number of fused-ring (bicyclic) bond motifs is 1. The molecule has 6 heteroatoms. The molecular formula is C15H21NO4S. The van der Waals surface area contributed by atoms with Crippen molar-refractivity contribution in [2.45, 2.75) is 44.6 Å². The molecule has 1 atom stereocenters. The number of amides is 1. The van der Waals surface area contributed by atoms with Crippen LogP contribution in [0.3, 0.4) is 0 Å². The van der Waals surface area contributed by atoms with Gasteiger partial charge in [0.2, 0.25) is 0 Å². The summed E-state index contributed by atoms with van der Waals surface area (Å²) in [7, 11) is 1.50. The summed E-state index contributed by atoms with van der Waals surface area (Å²) < 4.78 is 5.05. The maximum Gasteiger partial charge on any atom is 0.305 e. The first kappa shape index (κ1) is 16.0. The third kappa shape index (κ3) is 4.04. The molecule has 116 valence electrons. The molecule has 1 aromatic rings. The highest BCUT2D eigenvalue weighted by Crippen LogP contribution is 2.30. The summed E-state index contributed by atoms with van der Waals surface area (Å²) in [6.45, 7) is 1.85. The number of hydrogen-bond acceptors (Lipinski definition) is 4. The van der Waals surface area contributed by atoms with Crippen LogP contribution in [0.2, 0.25) is 0 Å². The Kier molecular flexibility index (Phi) is 5.00. The maximum atomic E-state index is 12.4. The predicted molar refractivity (Wildman–Crippen MR) is 81.0 cm³/mol. The van der Waals surface area contributed by atoms with Crippen molar-refractivity contribution in [2.24, 2.45) is 0 Å². The second-order valence-electron chi connectivity index (χ2n) is 5.78. The third-order valence-corrected chi connectivity index (χ3v) is 4.88. The molecule has 0 aliphatic heterocycles. The normalized spacial score (nSPS) is 16.9. The van der Waals surface area contributed by atoms with Crippen molar-refractivity contribution in [3.8, 4) is 0 Å². The number of methoxy groups -OCH3 is 1. The molecule has 0 saturated heterocycles. The van der Waals surface area contributed by atoms with Gasteiger partial charge in [0.25, 0.3) is 5.91 Å². The number of rotatable bonds is 6. The summed E-state index contributed by atoms with van der Waals surface area (Å²) in [4.78, 5) is 25.3. The molecule has 2 rings (SSSR count). The lowest BCUT2D eigenvalue weighted by Crippen LogP contribution is -2.50. The van der Waals surface area contributed by atoms with Crippen molar-refractivity contribution in [2.75, 3.05) is 13.7 Å². The summed E-state index contributed by atoms with van der Waals surface area (Å²) >= 11 is 1.52. The highest BCUT2D eigenvalue weighted by molar-refractivity contribution is 7.14. The summed E-state index contributed by atoms with van der Waals surface area (Å²) in [5.74, 6) is -1.17. The molecule has 2 N–H and O–H groups in total. The van der Waals surface area contributed by atoms with Crippen LogP contribution in [0.5, 0.6) is 0 Å². The fourth-order valence-corrected chi connectivity index (χ4v) is 3.87. The Hall–Kier alpha value is -1.40. The van der Waals surface area contributed by atoms with E-state index in [2.05, 4.69) is 5.32 Å². The van der Waals surface area contributed by atoms with Gasteiger partial charge in [0.15, 0.2) is 0 Å². The standard InChI is InChI=1S/C15H21NO4S/c1-15(9-20-2,8-13(17)18)16-14(19)12-7-10-5-3-4-6-11(10)21-12/h7H,3-6,8-9H2,1-2H3,(H,16,19)(H,17,18). The van der Waals surface area contributed by atoms with Crippen LogP contribution >= 0.6 is 11.3 Å². The van der Waals surface area contributed by atoms with E-state index in [1.807, 2.05) is 6.07 Å². The fraction of sp³-hybridized carbons (Fsp3) is 0.600. The van der Waals surface area contributed by atoms with Gasteiger partial charge in [-0.15, -0.1) is 11.3 Å². The number of carbonyl (C=O) groups is 2. The summed E-state index contributed by atoms with van der Waals surface area (Å²) in [5.41, 5.74) is 0.366. The number of ether oxygens (including phenoxy) is 1. The first-order valence-corrected chi connectivity index (χ1v) is 7.90. The van der Waals surface area contributed by atoms with Gasteiger partial charge in [0.05, 0.1) is 23.4 Å². The van der Waals surface area contributed by atoms with Crippen LogP contribution in [0.1, 0.15) is 46.3 Å². The molecule has 21 heavy (non-hydrogen) atoms. The Morgan fingerprint density at radius 3 is 2.76 bits per heavy atom. The highest BCUT2D eigenvalue weighted by atomic mass is 32.1.